The average molecular weight is 359 g/mol. The van der Waals surface area contributed by atoms with Gasteiger partial charge in [-0.1, -0.05) is 12.1 Å². The van der Waals surface area contributed by atoms with Gasteiger partial charge in [0.15, 0.2) is 11.5 Å². The van der Waals surface area contributed by atoms with E-state index in [0.717, 1.165) is 0 Å². The molecule has 0 aromatic heterocycles. The number of rotatable bonds is 6. The van der Waals surface area contributed by atoms with Gasteiger partial charge >= 0.3 is 5.97 Å². The number of benzene rings is 2. The van der Waals surface area contributed by atoms with Crippen LogP contribution in [-0.2, 0) is 4.84 Å². The molecule has 1 heterocycles. The predicted octanol–water partition coefficient (Wildman–Crippen LogP) is 3.25. The Morgan fingerprint density at radius 2 is 2.08 bits per heavy atom. The molecule has 1 aliphatic rings. The van der Waals surface area contributed by atoms with Crippen molar-refractivity contribution < 1.29 is 28.6 Å². The first kappa shape index (κ1) is 17.8. The van der Waals surface area contributed by atoms with E-state index in [9.17, 15) is 9.18 Å². The summed E-state index contributed by atoms with van der Waals surface area (Å²) < 4.78 is 24.3. The summed E-state index contributed by atoms with van der Waals surface area (Å²) in [6.07, 6.45) is 1.79. The number of nitrogens with one attached hydrogen (secondary N) is 1. The number of carboxylic acid groups (broad SMARTS) is 1. The van der Waals surface area contributed by atoms with Crippen LogP contribution in [-0.4, -0.2) is 30.4 Å². The molecular weight excluding hydrogens is 341 g/mol. The maximum atomic E-state index is 13.4. The van der Waals surface area contributed by atoms with Gasteiger partial charge in [0, 0.05) is 5.56 Å². The molecule has 0 spiro atoms. The van der Waals surface area contributed by atoms with Crippen LogP contribution in [0.1, 0.15) is 22.8 Å². The minimum absolute atomic E-state index is 0.0902. The van der Waals surface area contributed by atoms with E-state index in [1.807, 2.05) is 0 Å². The molecular formula is C19H18FNO5. The monoisotopic (exact) mass is 359 g/mol. The predicted molar refractivity (Wildman–Crippen MR) is 92.5 cm³/mol. The van der Waals surface area contributed by atoms with Crippen molar-refractivity contribution in [3.05, 3.63) is 65.5 Å². The Balaban J connectivity index is 1.77. The average Bonchev–Trinajstić information content (AvgIpc) is 3.02. The molecule has 1 unspecified atom stereocenters. The molecule has 0 aliphatic carbocycles. The van der Waals surface area contributed by atoms with Crippen LogP contribution in [0.5, 0.6) is 11.5 Å². The van der Waals surface area contributed by atoms with Crippen LogP contribution in [0, 0.1) is 5.82 Å². The number of carboxylic acids is 1. The van der Waals surface area contributed by atoms with Crippen LogP contribution in [0.3, 0.4) is 0 Å². The number of hydrogen-bond acceptors (Lipinski definition) is 5. The molecule has 2 N–H and O–H groups in total. The normalized spacial score (nSPS) is 18.8. The highest BCUT2D eigenvalue weighted by Gasteiger charge is 2.32. The minimum atomic E-state index is -1.06. The lowest BCUT2D eigenvalue weighted by atomic mass is 10.0. The van der Waals surface area contributed by atoms with Gasteiger partial charge in [-0.3, -0.25) is 10.3 Å². The molecule has 3 rings (SSSR count). The Hall–Kier alpha value is -3.06. The molecule has 2 aromatic carbocycles. The second-order valence-electron chi connectivity index (χ2n) is 6.04. The van der Waals surface area contributed by atoms with E-state index in [1.54, 1.807) is 25.1 Å². The minimum Gasteiger partial charge on any atom is -0.493 e. The van der Waals surface area contributed by atoms with Crippen molar-refractivity contribution >= 4 is 11.7 Å². The SMILES string of the molecule is COc1ccc(C(=O)O)cc1OCC1(C)C=C(c2cccc(F)c2)NO1. The summed E-state index contributed by atoms with van der Waals surface area (Å²) >= 11 is 0. The first-order chi connectivity index (χ1) is 12.4. The van der Waals surface area contributed by atoms with Crippen molar-refractivity contribution in [1.82, 2.24) is 5.48 Å². The zero-order valence-corrected chi connectivity index (χ0v) is 14.3. The fraction of sp³-hybridized carbons (Fsp3) is 0.211. The first-order valence-electron chi connectivity index (χ1n) is 7.87. The third-order valence-electron chi connectivity index (χ3n) is 3.90. The van der Waals surface area contributed by atoms with Crippen LogP contribution in [0.15, 0.2) is 48.5 Å². The van der Waals surface area contributed by atoms with E-state index in [2.05, 4.69) is 5.48 Å². The number of hydroxylamine groups is 1. The summed E-state index contributed by atoms with van der Waals surface area (Å²) in [5.41, 5.74) is 3.32. The summed E-state index contributed by atoms with van der Waals surface area (Å²) in [6.45, 7) is 1.89. The van der Waals surface area contributed by atoms with Crippen LogP contribution >= 0.6 is 0 Å². The molecule has 6 nitrogen and oxygen atoms in total. The summed E-state index contributed by atoms with van der Waals surface area (Å²) in [4.78, 5) is 16.7. The summed E-state index contributed by atoms with van der Waals surface area (Å²) in [7, 11) is 1.47. The van der Waals surface area contributed by atoms with Crippen LogP contribution in [0.25, 0.3) is 5.70 Å². The number of carbonyl (C=O) groups is 1. The van der Waals surface area contributed by atoms with Gasteiger partial charge in [-0.05, 0) is 43.3 Å². The first-order valence-corrected chi connectivity index (χ1v) is 7.87. The maximum Gasteiger partial charge on any atom is 0.335 e. The Kier molecular flexibility index (Phi) is 4.81. The molecule has 0 saturated carbocycles. The fourth-order valence-electron chi connectivity index (χ4n) is 2.55. The third-order valence-corrected chi connectivity index (χ3v) is 3.90. The third kappa shape index (κ3) is 3.78. The van der Waals surface area contributed by atoms with E-state index in [-0.39, 0.29) is 18.0 Å². The van der Waals surface area contributed by atoms with Gasteiger partial charge < -0.3 is 14.6 Å². The Labute approximate surface area is 149 Å². The Morgan fingerprint density at radius 3 is 2.77 bits per heavy atom. The number of ether oxygens (including phenoxy) is 2. The molecule has 1 atom stereocenters. The quantitative estimate of drug-likeness (QED) is 0.825. The molecule has 0 radical (unpaired) electrons. The van der Waals surface area contributed by atoms with Crippen molar-refractivity contribution in [2.75, 3.05) is 13.7 Å². The van der Waals surface area contributed by atoms with Crippen molar-refractivity contribution in [2.45, 2.75) is 12.5 Å². The van der Waals surface area contributed by atoms with Gasteiger partial charge in [-0.15, -0.1) is 0 Å². The Bertz CT molecular complexity index is 867. The fourth-order valence-corrected chi connectivity index (χ4v) is 2.55. The largest absolute Gasteiger partial charge is 0.493 e. The zero-order chi connectivity index (χ0) is 18.7. The summed E-state index contributed by atoms with van der Waals surface area (Å²) in [6, 6.07) is 10.5. The summed E-state index contributed by atoms with van der Waals surface area (Å²) in [5, 5.41) is 9.12. The van der Waals surface area contributed by atoms with Crippen molar-refractivity contribution in [3.8, 4) is 11.5 Å². The van der Waals surface area contributed by atoms with Crippen molar-refractivity contribution in [3.63, 3.8) is 0 Å². The molecule has 7 heteroatoms. The van der Waals surface area contributed by atoms with Crippen molar-refractivity contribution in [1.29, 1.82) is 0 Å². The van der Waals surface area contributed by atoms with Crippen LogP contribution in [0.4, 0.5) is 4.39 Å². The molecule has 26 heavy (non-hydrogen) atoms. The molecule has 2 aromatic rings. The van der Waals surface area contributed by atoms with Gasteiger partial charge in [0.25, 0.3) is 0 Å². The van der Waals surface area contributed by atoms with E-state index < -0.39 is 11.6 Å². The summed E-state index contributed by atoms with van der Waals surface area (Å²) in [5.74, 6) is -0.690. The number of halogens is 1. The van der Waals surface area contributed by atoms with Crippen molar-refractivity contribution in [2.24, 2.45) is 0 Å². The highest BCUT2D eigenvalue weighted by molar-refractivity contribution is 5.88. The lowest BCUT2D eigenvalue weighted by Crippen LogP contribution is -2.33. The van der Waals surface area contributed by atoms with E-state index in [1.165, 1.54) is 37.4 Å². The maximum absolute atomic E-state index is 13.4. The second kappa shape index (κ2) is 7.05. The number of hydrogen-bond donors (Lipinski definition) is 2. The molecule has 0 amide bonds. The molecule has 0 fully saturated rings. The van der Waals surface area contributed by atoms with E-state index in [0.29, 0.717) is 22.8 Å². The topological polar surface area (TPSA) is 77.0 Å². The molecule has 0 saturated heterocycles. The highest BCUT2D eigenvalue weighted by atomic mass is 19.1. The lowest BCUT2D eigenvalue weighted by Gasteiger charge is -2.21. The van der Waals surface area contributed by atoms with Gasteiger partial charge in [-0.2, -0.15) is 0 Å². The van der Waals surface area contributed by atoms with Gasteiger partial charge in [0.1, 0.15) is 18.0 Å². The number of aromatic carboxylic acids is 1. The standard InChI is InChI=1S/C19H18FNO5/c1-19(10-15(21-26-19)12-4-3-5-14(20)8-12)11-25-17-9-13(18(22)23)6-7-16(17)24-2/h3-10,21H,11H2,1-2H3,(H,22,23). The van der Waals surface area contributed by atoms with Crippen LogP contribution in [0.2, 0.25) is 0 Å². The van der Waals surface area contributed by atoms with Crippen LogP contribution < -0.4 is 15.0 Å². The smallest absolute Gasteiger partial charge is 0.335 e. The van der Waals surface area contributed by atoms with Gasteiger partial charge in [0.2, 0.25) is 0 Å². The van der Waals surface area contributed by atoms with Gasteiger partial charge in [0.05, 0.1) is 18.4 Å². The Morgan fingerprint density at radius 1 is 1.27 bits per heavy atom. The molecule has 0 bridgehead atoms. The highest BCUT2D eigenvalue weighted by Crippen LogP contribution is 2.31. The second-order valence-corrected chi connectivity index (χ2v) is 6.04. The molecule has 1 aliphatic heterocycles. The van der Waals surface area contributed by atoms with Gasteiger partial charge in [-0.25, -0.2) is 9.18 Å². The zero-order valence-electron chi connectivity index (χ0n) is 14.3. The molecule has 136 valence electrons. The number of methoxy groups -OCH3 is 1. The van der Waals surface area contributed by atoms with E-state index >= 15 is 0 Å². The van der Waals surface area contributed by atoms with E-state index in [4.69, 9.17) is 19.4 Å². The lowest BCUT2D eigenvalue weighted by molar-refractivity contribution is -0.0476.